The van der Waals surface area contributed by atoms with Crippen molar-refractivity contribution in [3.05, 3.63) is 100 Å². The summed E-state index contributed by atoms with van der Waals surface area (Å²) < 4.78 is 8.60. The van der Waals surface area contributed by atoms with Gasteiger partial charge in [0.2, 0.25) is 0 Å². The zero-order valence-corrected chi connectivity index (χ0v) is 19.5. The Bertz CT molecular complexity index is 1260. The molecule has 0 unspecified atom stereocenters. The van der Waals surface area contributed by atoms with Gasteiger partial charge in [-0.05, 0) is 65.4 Å². The molecule has 0 aliphatic carbocycles. The number of rotatable bonds is 7. The number of fused-ring (bicyclic) bond motifs is 1. The summed E-state index contributed by atoms with van der Waals surface area (Å²) in [6.45, 7) is 0.412. The highest BCUT2D eigenvalue weighted by molar-refractivity contribution is 8.00. The summed E-state index contributed by atoms with van der Waals surface area (Å²) in [7, 11) is 1.62. The van der Waals surface area contributed by atoms with Crippen LogP contribution in [0.1, 0.15) is 15.9 Å². The van der Waals surface area contributed by atoms with Gasteiger partial charge in [0.05, 0.1) is 12.8 Å². The molecule has 0 aromatic heterocycles. The molecule has 0 spiro atoms. The third-order valence-corrected chi connectivity index (χ3v) is 6.10. The van der Waals surface area contributed by atoms with E-state index in [1.165, 1.54) is 11.9 Å². The maximum atomic E-state index is 13.0. The van der Waals surface area contributed by atoms with Crippen LogP contribution in [-0.4, -0.2) is 13.0 Å². The number of carbonyl (C=O) groups is 1. The number of nitrogens with one attached hydrogen (secondary N) is 2. The van der Waals surface area contributed by atoms with Crippen molar-refractivity contribution in [1.82, 2.24) is 5.32 Å². The second-order valence-electron chi connectivity index (χ2n) is 7.05. The number of carbonyl (C=O) groups excluding carboxylic acids is 1. The predicted molar refractivity (Wildman–Crippen MR) is 134 cm³/mol. The summed E-state index contributed by atoms with van der Waals surface area (Å²) in [4.78, 5) is 13.8. The lowest BCUT2D eigenvalue weighted by Crippen LogP contribution is -2.23. The Balaban J connectivity index is 1.53. The van der Waals surface area contributed by atoms with Gasteiger partial charge < -0.3 is 14.8 Å². The smallest absolute Gasteiger partial charge is 0.252 e. The average Bonchev–Trinajstić information content (AvgIpc) is 2.80. The summed E-state index contributed by atoms with van der Waals surface area (Å²) in [5.41, 5.74) is 2.48. The van der Waals surface area contributed by atoms with E-state index in [2.05, 4.69) is 10.0 Å². The Hall–Kier alpha value is -2.86. The van der Waals surface area contributed by atoms with Crippen molar-refractivity contribution in [2.45, 2.75) is 11.4 Å². The van der Waals surface area contributed by atoms with Crippen molar-refractivity contribution in [2.24, 2.45) is 0 Å². The normalized spacial score (nSPS) is 10.7. The zero-order chi connectivity index (χ0) is 22.5. The molecule has 0 saturated heterocycles. The van der Waals surface area contributed by atoms with Crippen LogP contribution in [0.3, 0.4) is 0 Å². The molecule has 4 rings (SSSR count). The summed E-state index contributed by atoms with van der Waals surface area (Å²) in [5, 5.41) is 5.97. The molecule has 4 aromatic rings. The van der Waals surface area contributed by atoms with Crippen LogP contribution in [0.4, 0.5) is 5.69 Å². The molecule has 0 saturated carbocycles. The molecule has 0 radical (unpaired) electrons. The van der Waals surface area contributed by atoms with Gasteiger partial charge in [-0.2, -0.15) is 0 Å². The SMILES string of the molecule is COc1cccc(CNC(=O)c2cccc3c(NSc4cc(Cl)cc(Cl)c4)cccc23)c1. The van der Waals surface area contributed by atoms with Crippen molar-refractivity contribution < 1.29 is 9.53 Å². The Labute approximate surface area is 201 Å². The minimum absolute atomic E-state index is 0.134. The second-order valence-corrected chi connectivity index (χ2v) is 8.80. The summed E-state index contributed by atoms with van der Waals surface area (Å²) >= 11 is 13.6. The minimum atomic E-state index is -0.134. The van der Waals surface area contributed by atoms with Gasteiger partial charge in [0, 0.05) is 32.4 Å². The average molecular weight is 483 g/mol. The first-order valence-corrected chi connectivity index (χ1v) is 11.4. The van der Waals surface area contributed by atoms with Crippen LogP contribution in [-0.2, 0) is 6.54 Å². The van der Waals surface area contributed by atoms with Crippen LogP contribution in [0.15, 0.2) is 83.8 Å². The lowest BCUT2D eigenvalue weighted by atomic mass is 10.0. The molecule has 0 fully saturated rings. The van der Waals surface area contributed by atoms with E-state index in [1.54, 1.807) is 13.2 Å². The molecule has 7 heteroatoms. The van der Waals surface area contributed by atoms with Gasteiger partial charge in [0.1, 0.15) is 5.75 Å². The van der Waals surface area contributed by atoms with E-state index in [1.807, 2.05) is 72.8 Å². The van der Waals surface area contributed by atoms with E-state index < -0.39 is 0 Å². The maximum absolute atomic E-state index is 13.0. The van der Waals surface area contributed by atoms with Gasteiger partial charge in [0.15, 0.2) is 0 Å². The van der Waals surface area contributed by atoms with E-state index in [0.29, 0.717) is 22.2 Å². The van der Waals surface area contributed by atoms with Gasteiger partial charge >= 0.3 is 0 Å². The first kappa shape index (κ1) is 22.3. The van der Waals surface area contributed by atoms with Crippen molar-refractivity contribution in [2.75, 3.05) is 11.8 Å². The molecule has 0 aliphatic heterocycles. The number of halogens is 2. The topological polar surface area (TPSA) is 50.4 Å². The molecule has 2 N–H and O–H groups in total. The molecular weight excluding hydrogens is 463 g/mol. The number of hydrogen-bond donors (Lipinski definition) is 2. The van der Waals surface area contributed by atoms with Crippen LogP contribution in [0.2, 0.25) is 10.0 Å². The van der Waals surface area contributed by atoms with Gasteiger partial charge in [-0.1, -0.05) is 59.6 Å². The fourth-order valence-corrected chi connectivity index (χ4v) is 4.79. The van der Waals surface area contributed by atoms with Crippen LogP contribution in [0.5, 0.6) is 5.75 Å². The summed E-state index contributed by atoms with van der Waals surface area (Å²) in [5.74, 6) is 0.626. The van der Waals surface area contributed by atoms with Crippen LogP contribution < -0.4 is 14.8 Å². The first-order valence-electron chi connectivity index (χ1n) is 9.85. The largest absolute Gasteiger partial charge is 0.497 e. The molecule has 0 bridgehead atoms. The molecule has 32 heavy (non-hydrogen) atoms. The number of amides is 1. The van der Waals surface area contributed by atoms with Gasteiger partial charge in [0.25, 0.3) is 5.91 Å². The number of benzene rings is 4. The second kappa shape index (κ2) is 10.2. The molecule has 0 atom stereocenters. The molecule has 162 valence electrons. The number of ether oxygens (including phenoxy) is 1. The lowest BCUT2D eigenvalue weighted by molar-refractivity contribution is 0.0952. The molecule has 0 heterocycles. The molecule has 4 aromatic carbocycles. The minimum Gasteiger partial charge on any atom is -0.497 e. The standard InChI is InChI=1S/C25H20Cl2N2O2S/c1-31-19-6-2-5-16(11-19)15-28-25(30)23-9-3-8-22-21(23)7-4-10-24(22)29-32-20-13-17(26)12-18(27)14-20/h2-14,29H,15H2,1H3,(H,28,30). The van der Waals surface area contributed by atoms with Crippen LogP contribution >= 0.6 is 35.1 Å². The zero-order valence-electron chi connectivity index (χ0n) is 17.2. The molecular formula is C25H20Cl2N2O2S. The van der Waals surface area contributed by atoms with E-state index in [4.69, 9.17) is 27.9 Å². The maximum Gasteiger partial charge on any atom is 0.252 e. The highest BCUT2D eigenvalue weighted by Crippen LogP contribution is 2.32. The van der Waals surface area contributed by atoms with Crippen LogP contribution in [0.25, 0.3) is 10.8 Å². The van der Waals surface area contributed by atoms with Crippen LogP contribution in [0, 0.1) is 0 Å². The monoisotopic (exact) mass is 482 g/mol. The van der Waals surface area contributed by atoms with Gasteiger partial charge in [-0.15, -0.1) is 0 Å². The van der Waals surface area contributed by atoms with Crippen molar-refractivity contribution in [3.8, 4) is 5.75 Å². The quantitative estimate of drug-likeness (QED) is 0.273. The Morgan fingerprint density at radius 1 is 0.906 bits per heavy atom. The number of hydrogen-bond acceptors (Lipinski definition) is 4. The first-order chi connectivity index (χ1) is 15.5. The molecule has 0 aliphatic rings. The van der Waals surface area contributed by atoms with Gasteiger partial charge in [-0.3, -0.25) is 4.79 Å². The Morgan fingerprint density at radius 2 is 1.62 bits per heavy atom. The van der Waals surface area contributed by atoms with Gasteiger partial charge in [-0.25, -0.2) is 0 Å². The van der Waals surface area contributed by atoms with Crippen molar-refractivity contribution in [3.63, 3.8) is 0 Å². The fraction of sp³-hybridized carbons (Fsp3) is 0.0800. The number of methoxy groups -OCH3 is 1. The summed E-state index contributed by atoms with van der Waals surface area (Å²) in [6.07, 6.45) is 0. The third kappa shape index (κ3) is 5.30. The third-order valence-electron chi connectivity index (χ3n) is 4.87. The number of anilines is 1. The molecule has 4 nitrogen and oxygen atoms in total. The van der Waals surface area contributed by atoms with Crippen molar-refractivity contribution in [1.29, 1.82) is 0 Å². The fourth-order valence-electron chi connectivity index (χ4n) is 3.36. The highest BCUT2D eigenvalue weighted by Gasteiger charge is 2.12. The predicted octanol–water partition coefficient (Wildman–Crippen LogP) is 7.20. The Morgan fingerprint density at radius 3 is 2.41 bits per heavy atom. The summed E-state index contributed by atoms with van der Waals surface area (Å²) in [6, 6.07) is 24.6. The lowest BCUT2D eigenvalue weighted by Gasteiger charge is -2.13. The van der Waals surface area contributed by atoms with E-state index >= 15 is 0 Å². The van der Waals surface area contributed by atoms with E-state index in [9.17, 15) is 4.79 Å². The highest BCUT2D eigenvalue weighted by atomic mass is 35.5. The van der Waals surface area contributed by atoms with E-state index in [-0.39, 0.29) is 5.91 Å². The molecule has 1 amide bonds. The van der Waals surface area contributed by atoms with Crippen molar-refractivity contribution >= 4 is 57.5 Å². The Kier molecular flexibility index (Phi) is 7.10. The van der Waals surface area contributed by atoms with E-state index in [0.717, 1.165) is 32.7 Å².